The molecule has 0 aromatic heterocycles. The van der Waals surface area contributed by atoms with Crippen LogP contribution in [0.5, 0.6) is 5.75 Å². The van der Waals surface area contributed by atoms with Crippen LogP contribution in [0.2, 0.25) is 0 Å². The summed E-state index contributed by atoms with van der Waals surface area (Å²) in [5.74, 6) is 1.56. The SMILES string of the molecule is CCOC(=O)C(CC1CCCCC1)C(CSc1c(OCC)ccc2ccccc12)[PH2]=O. The van der Waals surface area contributed by atoms with E-state index in [4.69, 9.17) is 9.47 Å². The fourth-order valence-electron chi connectivity index (χ4n) is 4.55. The summed E-state index contributed by atoms with van der Waals surface area (Å²) in [7, 11) is -1.08. The number of esters is 1. The molecule has 170 valence electrons. The van der Waals surface area contributed by atoms with Crippen LogP contribution in [0.4, 0.5) is 0 Å². The van der Waals surface area contributed by atoms with Crippen molar-refractivity contribution in [2.45, 2.75) is 62.9 Å². The van der Waals surface area contributed by atoms with Crippen LogP contribution >= 0.6 is 20.2 Å². The third kappa shape index (κ3) is 6.52. The molecule has 1 saturated carbocycles. The van der Waals surface area contributed by atoms with Gasteiger partial charge >= 0.3 is 5.97 Å². The molecule has 1 fully saturated rings. The van der Waals surface area contributed by atoms with Crippen LogP contribution in [0.25, 0.3) is 10.8 Å². The van der Waals surface area contributed by atoms with E-state index in [1.807, 2.05) is 32.0 Å². The minimum absolute atomic E-state index is 0.167. The number of carbonyl (C=O) groups excluding carboxylic acids is 1. The first-order valence-electron chi connectivity index (χ1n) is 11.6. The highest BCUT2D eigenvalue weighted by Crippen LogP contribution is 2.40. The van der Waals surface area contributed by atoms with Gasteiger partial charge < -0.3 is 14.0 Å². The average Bonchev–Trinajstić information content (AvgIpc) is 2.80. The van der Waals surface area contributed by atoms with E-state index in [1.54, 1.807) is 11.8 Å². The molecule has 6 heteroatoms. The molecule has 1 aliphatic carbocycles. The zero-order valence-electron chi connectivity index (χ0n) is 18.7. The lowest BCUT2D eigenvalue weighted by Crippen LogP contribution is -2.31. The fourth-order valence-corrected chi connectivity index (χ4v) is 6.86. The lowest BCUT2D eigenvalue weighted by Gasteiger charge is -2.28. The molecule has 0 bridgehead atoms. The average molecular weight is 463 g/mol. The number of fused-ring (bicyclic) bond motifs is 1. The molecule has 3 rings (SSSR count). The first-order valence-corrected chi connectivity index (χ1v) is 13.7. The van der Waals surface area contributed by atoms with Gasteiger partial charge in [-0.3, -0.25) is 4.79 Å². The van der Waals surface area contributed by atoms with Gasteiger partial charge in [-0.25, -0.2) is 0 Å². The van der Waals surface area contributed by atoms with E-state index in [0.29, 0.717) is 24.9 Å². The van der Waals surface area contributed by atoms with Crippen molar-refractivity contribution in [3.63, 3.8) is 0 Å². The fraction of sp³-hybridized carbons (Fsp3) is 0.560. The Morgan fingerprint density at radius 1 is 1.10 bits per heavy atom. The lowest BCUT2D eigenvalue weighted by atomic mass is 9.82. The van der Waals surface area contributed by atoms with Gasteiger partial charge in [0.1, 0.15) is 5.75 Å². The third-order valence-corrected chi connectivity index (χ3v) is 8.81. The van der Waals surface area contributed by atoms with Crippen LogP contribution in [0, 0.1) is 11.8 Å². The lowest BCUT2D eigenvalue weighted by molar-refractivity contribution is -0.148. The maximum absolute atomic E-state index is 12.8. The molecule has 0 amide bonds. The highest BCUT2D eigenvalue weighted by Gasteiger charge is 2.32. The topological polar surface area (TPSA) is 52.6 Å². The molecule has 31 heavy (non-hydrogen) atoms. The van der Waals surface area contributed by atoms with Gasteiger partial charge in [0.05, 0.1) is 32.5 Å². The van der Waals surface area contributed by atoms with Crippen molar-refractivity contribution >= 4 is 37.0 Å². The first kappa shape index (κ1) is 24.2. The summed E-state index contributed by atoms with van der Waals surface area (Å²) in [5.41, 5.74) is -0.167. The molecular weight excluding hydrogens is 427 g/mol. The van der Waals surface area contributed by atoms with E-state index in [9.17, 15) is 9.36 Å². The minimum atomic E-state index is -1.08. The Balaban J connectivity index is 1.81. The van der Waals surface area contributed by atoms with E-state index in [-0.39, 0.29) is 17.5 Å². The van der Waals surface area contributed by atoms with Crippen molar-refractivity contribution in [1.82, 2.24) is 0 Å². The summed E-state index contributed by atoms with van der Waals surface area (Å²) in [4.78, 5) is 13.9. The van der Waals surface area contributed by atoms with Crippen molar-refractivity contribution in [2.75, 3.05) is 19.0 Å². The molecule has 0 spiro atoms. The Labute approximate surface area is 191 Å². The Hall–Kier alpha value is -1.45. The number of rotatable bonds is 11. The second-order valence-corrected chi connectivity index (χ2v) is 10.4. The van der Waals surface area contributed by atoms with Crippen LogP contribution in [0.3, 0.4) is 0 Å². The van der Waals surface area contributed by atoms with E-state index in [1.165, 1.54) is 32.1 Å². The summed E-state index contributed by atoms with van der Waals surface area (Å²) in [6, 6.07) is 12.3. The largest absolute Gasteiger partial charge is 0.493 e. The predicted molar refractivity (Wildman–Crippen MR) is 131 cm³/mol. The van der Waals surface area contributed by atoms with Gasteiger partial charge in [-0.05, 0) is 43.0 Å². The number of benzene rings is 2. The zero-order valence-corrected chi connectivity index (χ0v) is 20.6. The Morgan fingerprint density at radius 2 is 1.87 bits per heavy atom. The minimum Gasteiger partial charge on any atom is -0.493 e. The summed E-state index contributed by atoms with van der Waals surface area (Å²) >= 11 is 1.66. The zero-order chi connectivity index (χ0) is 22.1. The van der Waals surface area contributed by atoms with E-state index in [0.717, 1.165) is 27.8 Å². The first-order chi connectivity index (χ1) is 15.2. The summed E-state index contributed by atoms with van der Waals surface area (Å²) in [6.07, 6.45) is 6.89. The van der Waals surface area contributed by atoms with Crippen molar-refractivity contribution in [2.24, 2.45) is 11.8 Å². The number of hydrogen-bond donors (Lipinski definition) is 0. The van der Waals surface area contributed by atoms with Gasteiger partial charge in [0.15, 0.2) is 0 Å². The van der Waals surface area contributed by atoms with Crippen molar-refractivity contribution in [3.05, 3.63) is 36.4 Å². The van der Waals surface area contributed by atoms with E-state index in [2.05, 4.69) is 18.2 Å². The molecule has 1 aliphatic rings. The monoisotopic (exact) mass is 462 g/mol. The van der Waals surface area contributed by atoms with Gasteiger partial charge in [0.25, 0.3) is 0 Å². The van der Waals surface area contributed by atoms with E-state index < -0.39 is 8.46 Å². The van der Waals surface area contributed by atoms with Gasteiger partial charge in [-0.2, -0.15) is 0 Å². The second kappa shape index (κ2) is 12.6. The Kier molecular flexibility index (Phi) is 9.80. The number of thioether (sulfide) groups is 1. The number of ether oxygens (including phenoxy) is 2. The van der Waals surface area contributed by atoms with Crippen LogP contribution in [-0.2, 0) is 14.1 Å². The molecule has 0 heterocycles. The quantitative estimate of drug-likeness (QED) is 0.214. The van der Waals surface area contributed by atoms with Gasteiger partial charge in [-0.1, -0.05) is 62.4 Å². The maximum Gasteiger partial charge on any atom is 0.309 e. The summed E-state index contributed by atoms with van der Waals surface area (Å²) in [5, 5.41) is 2.29. The molecule has 0 saturated heterocycles. The molecule has 2 aromatic carbocycles. The second-order valence-electron chi connectivity index (χ2n) is 8.26. The van der Waals surface area contributed by atoms with E-state index >= 15 is 0 Å². The third-order valence-electron chi connectivity index (χ3n) is 6.16. The molecule has 0 aliphatic heterocycles. The van der Waals surface area contributed by atoms with Gasteiger partial charge in [-0.15, -0.1) is 11.8 Å². The summed E-state index contributed by atoms with van der Waals surface area (Å²) in [6.45, 7) is 4.78. The van der Waals surface area contributed by atoms with Crippen molar-refractivity contribution < 1.29 is 18.8 Å². The van der Waals surface area contributed by atoms with Crippen molar-refractivity contribution in [1.29, 1.82) is 0 Å². The molecular formula is C25H35O4PS. The molecule has 3 atom stereocenters. The van der Waals surface area contributed by atoms with Crippen molar-refractivity contribution in [3.8, 4) is 5.75 Å². The molecule has 3 unspecified atom stereocenters. The number of hydrogen-bond acceptors (Lipinski definition) is 5. The predicted octanol–water partition coefficient (Wildman–Crippen LogP) is 6.61. The normalized spacial score (nSPS) is 17.1. The summed E-state index contributed by atoms with van der Waals surface area (Å²) < 4.78 is 23.7. The molecule has 0 N–H and O–H groups in total. The standard InChI is InChI=1S/C25H35O4PS/c1-3-28-22-15-14-19-12-8-9-13-20(19)24(22)31-17-23(30-27)21(25(26)29-4-2)16-18-10-6-5-7-11-18/h8-9,12-15,18,21,23H,3-7,10-11,16-17,30H2,1-2H3. The molecule has 4 nitrogen and oxygen atoms in total. The van der Waals surface area contributed by atoms with Gasteiger partial charge in [0, 0.05) is 11.4 Å². The highest BCUT2D eigenvalue weighted by atomic mass is 32.2. The van der Waals surface area contributed by atoms with Gasteiger partial charge in [0.2, 0.25) is 0 Å². The molecule has 2 aromatic rings. The molecule has 0 radical (unpaired) electrons. The number of carbonyl (C=O) groups is 1. The van der Waals surface area contributed by atoms with Crippen LogP contribution in [-0.4, -0.2) is 30.6 Å². The van der Waals surface area contributed by atoms with Crippen LogP contribution in [0.15, 0.2) is 41.3 Å². The smallest absolute Gasteiger partial charge is 0.309 e. The maximum atomic E-state index is 12.8. The highest BCUT2D eigenvalue weighted by molar-refractivity contribution is 7.99. The Morgan fingerprint density at radius 3 is 2.58 bits per heavy atom. The Bertz CT molecular complexity index is 866. The van der Waals surface area contributed by atoms with Crippen LogP contribution in [0.1, 0.15) is 52.4 Å². The van der Waals surface area contributed by atoms with Crippen LogP contribution < -0.4 is 4.74 Å².